The van der Waals surface area contributed by atoms with Gasteiger partial charge in [0, 0.05) is 104 Å². The number of hydrogen-bond acceptors (Lipinski definition) is 18. The number of carbonyl (C=O) groups excluding carboxylic acids is 7. The first-order chi connectivity index (χ1) is 39.5. The second-order valence-electron chi connectivity index (χ2n) is 23.8. The number of aliphatic hydroxyl groups excluding tert-OH is 1. The Kier molecular flexibility index (Phi) is 24.7. The summed E-state index contributed by atoms with van der Waals surface area (Å²) >= 11 is 0. The van der Waals surface area contributed by atoms with E-state index in [2.05, 4.69) is 15.3 Å². The summed E-state index contributed by atoms with van der Waals surface area (Å²) in [7, 11) is 6.04. The predicted molar refractivity (Wildman–Crippen MR) is 309 cm³/mol. The number of anilines is 1. The van der Waals surface area contributed by atoms with E-state index in [1.165, 1.54) is 31.5 Å². The number of hydrogen-bond donors (Lipinski definition) is 3. The van der Waals surface area contributed by atoms with Crippen LogP contribution in [0.3, 0.4) is 0 Å². The summed E-state index contributed by atoms with van der Waals surface area (Å²) in [6.07, 6.45) is 12.7. The number of methoxy groups -OCH3 is 3. The number of amides is 3. The number of Topliss-reactive ketones (excluding diaryl/α,β-unsaturated/α-hetero) is 3. The molecule has 0 spiro atoms. The number of cyclic esters (lactones) is 1. The molecule has 4 fully saturated rings. The largest absolute Gasteiger partial charge is 0.460 e. The highest BCUT2D eigenvalue weighted by atomic mass is 16.6. The number of nitrogens with zero attached hydrogens (tertiary/aromatic N) is 5. The quantitative estimate of drug-likeness (QED) is 0.139. The van der Waals surface area contributed by atoms with Crippen molar-refractivity contribution in [2.24, 2.45) is 35.5 Å². The zero-order chi connectivity index (χ0) is 60.7. The average Bonchev–Trinajstić information content (AvgIpc) is 3.54. The summed E-state index contributed by atoms with van der Waals surface area (Å²) in [4.78, 5) is 111. The van der Waals surface area contributed by atoms with Crippen molar-refractivity contribution < 1.29 is 72.2 Å². The fourth-order valence-corrected chi connectivity index (χ4v) is 12.3. The fraction of sp³-hybridized carbons (Fsp3) is 0.694. The molecular formula is C62H92N6O15. The molecule has 0 unspecified atom stereocenters. The Bertz CT molecular complexity index is 2530. The molecule has 15 atom stereocenters. The van der Waals surface area contributed by atoms with Gasteiger partial charge in [0.25, 0.3) is 17.6 Å². The smallest absolute Gasteiger partial charge is 0.410 e. The van der Waals surface area contributed by atoms with E-state index < -0.39 is 102 Å². The lowest BCUT2D eigenvalue weighted by atomic mass is 9.78. The van der Waals surface area contributed by atoms with Crippen molar-refractivity contribution in [2.75, 3.05) is 66.0 Å². The van der Waals surface area contributed by atoms with Crippen molar-refractivity contribution in [2.45, 2.75) is 180 Å². The number of carbonyl (C=O) groups is 7. The second kappa shape index (κ2) is 30.9. The number of rotatable bonds is 9. The molecule has 4 aliphatic heterocycles. The molecule has 3 saturated heterocycles. The Morgan fingerprint density at radius 1 is 0.831 bits per heavy atom. The fourth-order valence-electron chi connectivity index (χ4n) is 12.3. The molecule has 0 radical (unpaired) electrons. The van der Waals surface area contributed by atoms with Gasteiger partial charge >= 0.3 is 12.1 Å². The van der Waals surface area contributed by atoms with Crippen LogP contribution in [0.2, 0.25) is 0 Å². The monoisotopic (exact) mass is 1160 g/mol. The summed E-state index contributed by atoms with van der Waals surface area (Å²) in [5.74, 6) is -8.35. The minimum atomic E-state index is -2.47. The molecule has 83 heavy (non-hydrogen) atoms. The van der Waals surface area contributed by atoms with Gasteiger partial charge in [-0.1, -0.05) is 71.1 Å². The summed E-state index contributed by atoms with van der Waals surface area (Å²) in [5, 5.41) is 26.2. The third-order valence-corrected chi connectivity index (χ3v) is 17.7. The summed E-state index contributed by atoms with van der Waals surface area (Å²) < 4.78 is 36.1. The molecule has 3 N–H and O–H groups in total. The van der Waals surface area contributed by atoms with Crippen LogP contribution >= 0.6 is 0 Å². The lowest BCUT2D eigenvalue weighted by Gasteiger charge is -2.42. The molecule has 5 aliphatic rings. The first-order valence-corrected chi connectivity index (χ1v) is 29.8. The number of ether oxygens (including phenoxy) is 6. The molecule has 0 aromatic carbocycles. The third kappa shape index (κ3) is 17.2. The van der Waals surface area contributed by atoms with Crippen LogP contribution in [0.5, 0.6) is 0 Å². The Morgan fingerprint density at radius 3 is 2.20 bits per heavy atom. The van der Waals surface area contributed by atoms with Crippen molar-refractivity contribution in [1.82, 2.24) is 25.1 Å². The van der Waals surface area contributed by atoms with Crippen LogP contribution < -0.4 is 10.2 Å². The van der Waals surface area contributed by atoms with Crippen molar-refractivity contribution in [1.29, 1.82) is 0 Å². The third-order valence-electron chi connectivity index (χ3n) is 17.7. The van der Waals surface area contributed by atoms with Crippen molar-refractivity contribution in [3.8, 4) is 0 Å². The maximum atomic E-state index is 14.7. The maximum absolute atomic E-state index is 14.7. The van der Waals surface area contributed by atoms with Crippen LogP contribution in [-0.4, -0.2) is 187 Å². The highest BCUT2D eigenvalue weighted by molar-refractivity contribution is 6.39. The number of piperidine rings is 1. The van der Waals surface area contributed by atoms with Gasteiger partial charge in [0.15, 0.2) is 5.78 Å². The minimum Gasteiger partial charge on any atom is -0.460 e. The number of aliphatic hydroxyl groups is 2. The molecule has 1 aromatic rings. The van der Waals surface area contributed by atoms with Gasteiger partial charge in [-0.2, -0.15) is 0 Å². The van der Waals surface area contributed by atoms with Gasteiger partial charge in [-0.3, -0.25) is 24.0 Å². The first kappa shape index (κ1) is 66.4. The van der Waals surface area contributed by atoms with Gasteiger partial charge in [0.1, 0.15) is 36.2 Å². The number of aromatic nitrogens is 2. The van der Waals surface area contributed by atoms with E-state index in [1.807, 2.05) is 56.1 Å². The molecule has 1 aromatic heterocycles. The van der Waals surface area contributed by atoms with Gasteiger partial charge in [-0.05, 0) is 107 Å². The number of esters is 1. The molecule has 21 heteroatoms. The number of piperazine rings is 1. The van der Waals surface area contributed by atoms with Crippen LogP contribution in [0, 0.1) is 35.5 Å². The average molecular weight is 1160 g/mol. The van der Waals surface area contributed by atoms with Crippen LogP contribution in [0.1, 0.15) is 136 Å². The zero-order valence-corrected chi connectivity index (χ0v) is 50.7. The van der Waals surface area contributed by atoms with E-state index in [4.69, 9.17) is 28.4 Å². The lowest BCUT2D eigenvalue weighted by Crippen LogP contribution is -2.61. The first-order valence-electron chi connectivity index (χ1n) is 29.8. The topological polar surface area (TPSA) is 263 Å². The van der Waals surface area contributed by atoms with E-state index in [0.717, 1.165) is 5.57 Å². The molecule has 1 saturated carbocycles. The van der Waals surface area contributed by atoms with Crippen LogP contribution in [-0.2, 0) is 52.4 Å². The van der Waals surface area contributed by atoms with Crippen molar-refractivity contribution in [3.05, 3.63) is 65.6 Å². The highest BCUT2D eigenvalue weighted by Gasteiger charge is 2.53. The van der Waals surface area contributed by atoms with Gasteiger partial charge in [0.2, 0.25) is 11.7 Å². The standard InChI is InChI=1S/C62H92N6O15/c1-37-17-13-12-14-18-38(2)50(78-9)33-46-22-20-43(7)62(77,83-46)56(72)58(74)68-24-16-15-19-47(68)59(75)81-51(34-48(69)39(3)30-42(6)54(71)55(80-11)53(70)41(5)29-37)40(4)31-44-21-23-49(52(32-44)79-10)82-61(76)67-27-25-66(26-28-67)60-64-35-45(36-65-60)57(73)63-8/h12-14,17-18,30,35-37,39-41,43-44,46-47,49-52,54-55,71,77H,15-16,19-29,31-34H2,1-11H3,(H,63,73)/b14-12+,17-13+,38-18+,42-30+/t37-,39-,40-,41-,43-,44+,46+,47+,49-,50+,51+,52-,54-,55+,62-/m1/s1. The molecule has 21 nitrogen and oxygen atoms in total. The molecule has 2 bridgehead atoms. The Morgan fingerprint density at radius 2 is 1.54 bits per heavy atom. The number of nitrogens with one attached hydrogen (secondary N) is 1. The van der Waals surface area contributed by atoms with Crippen LogP contribution in [0.15, 0.2) is 60.0 Å². The van der Waals surface area contributed by atoms with E-state index in [0.29, 0.717) is 107 Å². The van der Waals surface area contributed by atoms with Crippen molar-refractivity contribution in [3.63, 3.8) is 0 Å². The Labute approximate surface area is 489 Å². The van der Waals surface area contributed by atoms with Gasteiger partial charge < -0.3 is 58.7 Å². The predicted octanol–water partition coefficient (Wildman–Crippen LogP) is 6.30. The second-order valence-corrected chi connectivity index (χ2v) is 23.8. The van der Waals surface area contributed by atoms with E-state index in [9.17, 15) is 43.8 Å². The van der Waals surface area contributed by atoms with Gasteiger partial charge in [-0.15, -0.1) is 0 Å². The molecule has 6 rings (SSSR count). The lowest BCUT2D eigenvalue weighted by molar-refractivity contribution is -0.265. The van der Waals surface area contributed by atoms with E-state index in [-0.39, 0.29) is 48.7 Å². The Balaban J connectivity index is 1.21. The van der Waals surface area contributed by atoms with E-state index in [1.54, 1.807) is 52.9 Å². The molecule has 1 aliphatic carbocycles. The summed E-state index contributed by atoms with van der Waals surface area (Å²) in [6, 6.07) is -1.20. The zero-order valence-electron chi connectivity index (χ0n) is 50.7. The van der Waals surface area contributed by atoms with Gasteiger partial charge in [-0.25, -0.2) is 19.6 Å². The SMILES string of the molecule is CNC(=O)c1cnc(N2CCN(C(=O)O[C@@H]3CC[C@@H](C[C@@H](C)[C@@H]4CC(=O)[C@H](C)/C=C(\C)[C@@H](O)[C@@H](OC)C(=O)[C@H](C)C[C@H](C)/C=C/C=C/C=C(\C)[C@@H](OC)C[C@@H]5CC[C@@H](C)[C@@](O)(O5)C(=O)C(=O)N5CCCC[C@H]5C(=O)O4)C[C@H]3OC)CC2)nc1. The number of allylic oxidation sites excluding steroid dienone is 6. The van der Waals surface area contributed by atoms with Crippen LogP contribution in [0.25, 0.3) is 0 Å². The highest BCUT2D eigenvalue weighted by Crippen LogP contribution is 2.38. The van der Waals surface area contributed by atoms with E-state index >= 15 is 0 Å². The van der Waals surface area contributed by atoms with Crippen LogP contribution in [0.4, 0.5) is 10.7 Å². The van der Waals surface area contributed by atoms with Gasteiger partial charge in [0.05, 0.1) is 23.9 Å². The maximum Gasteiger partial charge on any atom is 0.410 e. The summed E-state index contributed by atoms with van der Waals surface area (Å²) in [6.45, 7) is 14.3. The molecular weight excluding hydrogens is 1070 g/mol. The molecule has 3 amide bonds. The summed E-state index contributed by atoms with van der Waals surface area (Å²) in [5.41, 5.74) is 1.56. The minimum absolute atomic E-state index is 0.00496. The van der Waals surface area contributed by atoms with Crippen molar-refractivity contribution >= 4 is 47.2 Å². The molecule has 5 heterocycles. The number of fused-ring (bicyclic) bond motifs is 3. The Hall–Kier alpha value is -5.71. The number of ketones is 3. The molecule has 460 valence electrons. The normalized spacial score (nSPS) is 35.2.